The number of ether oxygens (including phenoxy) is 2. The SMILES string of the molecule is COc1cccc(/C=C2\SC(=S)N(c3cccc([N+](=O)[O-])c3)C2=O)c1OCC(=O)O. The zero-order valence-electron chi connectivity index (χ0n) is 15.4. The first-order chi connectivity index (χ1) is 14.3. The molecule has 1 saturated heterocycles. The Kier molecular flexibility index (Phi) is 6.33. The summed E-state index contributed by atoms with van der Waals surface area (Å²) in [5, 5.41) is 19.9. The normalized spacial score (nSPS) is 14.8. The first-order valence-corrected chi connectivity index (χ1v) is 9.58. The van der Waals surface area contributed by atoms with Gasteiger partial charge in [0, 0.05) is 17.7 Å². The predicted octanol–water partition coefficient (Wildman–Crippen LogP) is 3.47. The van der Waals surface area contributed by atoms with Crippen LogP contribution < -0.4 is 14.4 Å². The summed E-state index contributed by atoms with van der Waals surface area (Å²) < 4.78 is 10.8. The number of para-hydroxylation sites is 1. The lowest BCUT2D eigenvalue weighted by Crippen LogP contribution is -2.27. The molecule has 1 amide bonds. The molecule has 1 heterocycles. The number of carboxylic acids is 1. The average molecular weight is 446 g/mol. The van der Waals surface area contributed by atoms with E-state index in [0.29, 0.717) is 11.3 Å². The van der Waals surface area contributed by atoms with Gasteiger partial charge < -0.3 is 14.6 Å². The molecule has 0 radical (unpaired) electrons. The fraction of sp³-hybridized carbons (Fsp3) is 0.105. The molecule has 2 aromatic rings. The molecule has 154 valence electrons. The first-order valence-electron chi connectivity index (χ1n) is 8.36. The topological polar surface area (TPSA) is 119 Å². The van der Waals surface area contributed by atoms with Crippen LogP contribution in [-0.2, 0) is 9.59 Å². The van der Waals surface area contributed by atoms with Gasteiger partial charge in [-0.2, -0.15) is 0 Å². The van der Waals surface area contributed by atoms with Gasteiger partial charge in [-0.15, -0.1) is 0 Å². The lowest BCUT2D eigenvalue weighted by molar-refractivity contribution is -0.384. The van der Waals surface area contributed by atoms with Crippen LogP contribution in [0.15, 0.2) is 47.4 Å². The maximum absolute atomic E-state index is 12.9. The lowest BCUT2D eigenvalue weighted by Gasteiger charge is -2.14. The molecule has 1 aliphatic heterocycles. The van der Waals surface area contributed by atoms with Crippen LogP contribution in [0.2, 0.25) is 0 Å². The second kappa shape index (κ2) is 8.93. The second-order valence-corrected chi connectivity index (χ2v) is 7.53. The van der Waals surface area contributed by atoms with Crippen molar-refractivity contribution in [1.82, 2.24) is 0 Å². The first kappa shape index (κ1) is 21.3. The molecule has 0 aromatic heterocycles. The van der Waals surface area contributed by atoms with Crippen molar-refractivity contribution >= 4 is 57.6 Å². The van der Waals surface area contributed by atoms with Gasteiger partial charge in [0.25, 0.3) is 11.6 Å². The molecule has 1 fully saturated rings. The maximum atomic E-state index is 12.9. The Bertz CT molecular complexity index is 1080. The second-order valence-electron chi connectivity index (χ2n) is 5.86. The van der Waals surface area contributed by atoms with Gasteiger partial charge in [-0.05, 0) is 18.2 Å². The number of non-ortho nitro benzene ring substituents is 1. The molecule has 0 saturated carbocycles. The van der Waals surface area contributed by atoms with Crippen molar-refractivity contribution in [3.8, 4) is 11.5 Å². The zero-order chi connectivity index (χ0) is 21.8. The summed E-state index contributed by atoms with van der Waals surface area (Å²) in [6.45, 7) is -0.587. The van der Waals surface area contributed by atoms with E-state index in [1.165, 1.54) is 36.3 Å². The Labute approximate surface area is 180 Å². The van der Waals surface area contributed by atoms with E-state index in [9.17, 15) is 19.7 Å². The Morgan fingerprint density at radius 2 is 2.07 bits per heavy atom. The minimum absolute atomic E-state index is 0.164. The summed E-state index contributed by atoms with van der Waals surface area (Å²) in [4.78, 5) is 35.8. The molecular weight excluding hydrogens is 432 g/mol. The molecule has 0 unspecified atom stereocenters. The monoisotopic (exact) mass is 446 g/mol. The number of thiocarbonyl (C=S) groups is 1. The molecule has 3 rings (SSSR count). The Balaban J connectivity index is 1.97. The van der Waals surface area contributed by atoms with Crippen molar-refractivity contribution in [2.75, 3.05) is 18.6 Å². The largest absolute Gasteiger partial charge is 0.493 e. The smallest absolute Gasteiger partial charge is 0.341 e. The van der Waals surface area contributed by atoms with E-state index in [4.69, 9.17) is 26.8 Å². The van der Waals surface area contributed by atoms with Gasteiger partial charge in [0.2, 0.25) is 0 Å². The number of nitro benzene ring substituents is 1. The van der Waals surface area contributed by atoms with Crippen LogP contribution in [0, 0.1) is 10.1 Å². The third kappa shape index (κ3) is 4.42. The highest BCUT2D eigenvalue weighted by Crippen LogP contribution is 2.39. The van der Waals surface area contributed by atoms with E-state index < -0.39 is 23.4 Å². The number of nitrogens with zero attached hydrogens (tertiary/aromatic N) is 2. The van der Waals surface area contributed by atoms with E-state index in [2.05, 4.69) is 0 Å². The van der Waals surface area contributed by atoms with Crippen LogP contribution >= 0.6 is 24.0 Å². The van der Waals surface area contributed by atoms with Gasteiger partial charge in [0.1, 0.15) is 0 Å². The fourth-order valence-electron chi connectivity index (χ4n) is 2.67. The van der Waals surface area contributed by atoms with Crippen molar-refractivity contribution in [2.24, 2.45) is 0 Å². The highest BCUT2D eigenvalue weighted by molar-refractivity contribution is 8.27. The van der Waals surface area contributed by atoms with Crippen molar-refractivity contribution in [1.29, 1.82) is 0 Å². The number of nitro groups is 1. The van der Waals surface area contributed by atoms with Gasteiger partial charge in [-0.1, -0.05) is 42.2 Å². The number of amides is 1. The van der Waals surface area contributed by atoms with Gasteiger partial charge >= 0.3 is 5.97 Å². The van der Waals surface area contributed by atoms with Crippen molar-refractivity contribution in [2.45, 2.75) is 0 Å². The summed E-state index contributed by atoms with van der Waals surface area (Å²) >= 11 is 6.31. The van der Waals surface area contributed by atoms with Crippen molar-refractivity contribution in [3.63, 3.8) is 0 Å². The minimum Gasteiger partial charge on any atom is -0.493 e. The van der Waals surface area contributed by atoms with E-state index in [0.717, 1.165) is 11.8 Å². The number of carboxylic acid groups (broad SMARTS) is 1. The molecule has 0 atom stereocenters. The lowest BCUT2D eigenvalue weighted by atomic mass is 10.1. The van der Waals surface area contributed by atoms with Crippen LogP contribution in [0.5, 0.6) is 11.5 Å². The summed E-state index contributed by atoms with van der Waals surface area (Å²) in [7, 11) is 1.41. The highest BCUT2D eigenvalue weighted by Gasteiger charge is 2.34. The van der Waals surface area contributed by atoms with Crippen LogP contribution in [0.25, 0.3) is 6.08 Å². The third-order valence-electron chi connectivity index (χ3n) is 3.95. The number of benzene rings is 2. The molecule has 1 aliphatic rings. The Hall–Kier alpha value is -3.44. The summed E-state index contributed by atoms with van der Waals surface area (Å²) in [6, 6.07) is 10.5. The van der Waals surface area contributed by atoms with Gasteiger partial charge in [0.05, 0.1) is 22.6 Å². The molecular formula is C19H14N2O7S2. The number of carbonyl (C=O) groups is 2. The van der Waals surface area contributed by atoms with Crippen molar-refractivity contribution < 1.29 is 29.1 Å². The molecule has 1 N–H and O–H groups in total. The molecule has 0 spiro atoms. The fourth-order valence-corrected chi connectivity index (χ4v) is 3.96. The Morgan fingerprint density at radius 1 is 1.33 bits per heavy atom. The van der Waals surface area contributed by atoms with E-state index in [-0.39, 0.29) is 26.3 Å². The predicted molar refractivity (Wildman–Crippen MR) is 115 cm³/mol. The van der Waals surface area contributed by atoms with Gasteiger partial charge in [-0.3, -0.25) is 19.8 Å². The molecule has 11 heteroatoms. The van der Waals surface area contributed by atoms with E-state index in [1.807, 2.05) is 0 Å². The average Bonchev–Trinajstić information content (AvgIpc) is 2.99. The van der Waals surface area contributed by atoms with Gasteiger partial charge in [0.15, 0.2) is 22.4 Å². The summed E-state index contributed by atoms with van der Waals surface area (Å²) in [5.74, 6) is -1.15. The van der Waals surface area contributed by atoms with E-state index >= 15 is 0 Å². The van der Waals surface area contributed by atoms with Crippen LogP contribution in [0.1, 0.15) is 5.56 Å². The number of carbonyl (C=O) groups excluding carboxylic acids is 1. The van der Waals surface area contributed by atoms with Gasteiger partial charge in [-0.25, -0.2) is 4.79 Å². The summed E-state index contributed by atoms with van der Waals surface area (Å²) in [5.41, 5.74) is 0.543. The quantitative estimate of drug-likeness (QED) is 0.295. The number of rotatable bonds is 7. The molecule has 30 heavy (non-hydrogen) atoms. The molecule has 0 aliphatic carbocycles. The summed E-state index contributed by atoms with van der Waals surface area (Å²) in [6.07, 6.45) is 1.51. The maximum Gasteiger partial charge on any atom is 0.341 e. The minimum atomic E-state index is -1.16. The van der Waals surface area contributed by atoms with Crippen LogP contribution in [-0.4, -0.2) is 39.9 Å². The Morgan fingerprint density at radius 3 is 2.73 bits per heavy atom. The van der Waals surface area contributed by atoms with Crippen molar-refractivity contribution in [3.05, 3.63) is 63.0 Å². The third-order valence-corrected chi connectivity index (χ3v) is 5.25. The highest BCUT2D eigenvalue weighted by atomic mass is 32.2. The van der Waals surface area contributed by atoms with E-state index in [1.54, 1.807) is 24.3 Å². The molecule has 0 bridgehead atoms. The van der Waals surface area contributed by atoms with Crippen LogP contribution in [0.3, 0.4) is 0 Å². The van der Waals surface area contributed by atoms with Crippen LogP contribution in [0.4, 0.5) is 11.4 Å². The zero-order valence-corrected chi connectivity index (χ0v) is 17.1. The number of methoxy groups -OCH3 is 1. The number of anilines is 1. The number of hydrogen-bond donors (Lipinski definition) is 1. The number of hydrogen-bond acceptors (Lipinski definition) is 8. The standard InChI is InChI=1S/C19H14N2O7S2/c1-27-14-7-2-4-11(17(14)28-10-16(22)23)8-15-18(24)20(19(29)30-15)12-5-3-6-13(9-12)21(25)26/h2-9H,10H2,1H3,(H,22,23)/b15-8-. The molecule has 2 aromatic carbocycles. The number of thioether (sulfide) groups is 1. The molecule has 9 nitrogen and oxygen atoms in total. The number of aliphatic carboxylic acids is 1.